The van der Waals surface area contributed by atoms with Crippen LogP contribution in [0.25, 0.3) is 0 Å². The first-order valence-corrected chi connectivity index (χ1v) is 11.6. The second kappa shape index (κ2) is 12.1. The molecule has 0 aliphatic carbocycles. The molecule has 0 radical (unpaired) electrons. The van der Waals surface area contributed by atoms with Gasteiger partial charge in [0.2, 0.25) is 0 Å². The van der Waals surface area contributed by atoms with Crippen LogP contribution in [0.5, 0.6) is 11.5 Å². The van der Waals surface area contributed by atoms with Gasteiger partial charge >= 0.3 is 0 Å². The molecule has 0 aromatic heterocycles. The van der Waals surface area contributed by atoms with E-state index in [1.807, 2.05) is 48.5 Å². The van der Waals surface area contributed by atoms with E-state index in [2.05, 4.69) is 13.8 Å². The third-order valence-corrected chi connectivity index (χ3v) is 5.63. The van der Waals surface area contributed by atoms with Crippen LogP contribution in [-0.2, 0) is 22.4 Å². The number of piperazine rings is 1. The van der Waals surface area contributed by atoms with Gasteiger partial charge in [-0.25, -0.2) is 0 Å². The second-order valence-electron chi connectivity index (χ2n) is 8.13. The summed E-state index contributed by atoms with van der Waals surface area (Å²) < 4.78 is 11.3. The molecule has 1 fully saturated rings. The van der Waals surface area contributed by atoms with Crippen LogP contribution in [-0.4, -0.2) is 61.0 Å². The molecule has 0 bridgehead atoms. The summed E-state index contributed by atoms with van der Waals surface area (Å²) in [6.45, 7) is 6.36. The van der Waals surface area contributed by atoms with Crippen molar-refractivity contribution in [2.75, 3.05) is 39.4 Å². The number of hydrogen-bond acceptors (Lipinski definition) is 4. The topological polar surface area (TPSA) is 59.1 Å². The summed E-state index contributed by atoms with van der Waals surface area (Å²) in [6.07, 6.45) is 4.29. The van der Waals surface area contributed by atoms with Gasteiger partial charge in [-0.05, 0) is 48.2 Å². The lowest BCUT2D eigenvalue weighted by atomic mass is 10.1. The van der Waals surface area contributed by atoms with E-state index in [9.17, 15) is 9.59 Å². The van der Waals surface area contributed by atoms with Crippen molar-refractivity contribution in [3.8, 4) is 11.5 Å². The summed E-state index contributed by atoms with van der Waals surface area (Å²) in [5.41, 5.74) is 2.54. The van der Waals surface area contributed by atoms with Crippen LogP contribution in [0.1, 0.15) is 37.8 Å². The van der Waals surface area contributed by atoms with Crippen molar-refractivity contribution >= 4 is 11.8 Å². The fourth-order valence-electron chi connectivity index (χ4n) is 3.76. The first kappa shape index (κ1) is 23.6. The minimum absolute atomic E-state index is 0.0121. The number of carbonyl (C=O) groups excluding carboxylic acids is 2. The van der Waals surface area contributed by atoms with E-state index in [0.717, 1.165) is 25.7 Å². The summed E-state index contributed by atoms with van der Waals surface area (Å²) in [4.78, 5) is 28.5. The lowest BCUT2D eigenvalue weighted by Gasteiger charge is -2.34. The van der Waals surface area contributed by atoms with Crippen molar-refractivity contribution in [2.24, 2.45) is 0 Å². The summed E-state index contributed by atoms with van der Waals surface area (Å²) in [5.74, 6) is 1.29. The number of hydrogen-bond donors (Lipinski definition) is 0. The molecule has 2 amide bonds. The lowest BCUT2D eigenvalue weighted by molar-refractivity contribution is -0.141. The van der Waals surface area contributed by atoms with E-state index in [-0.39, 0.29) is 25.0 Å². The smallest absolute Gasteiger partial charge is 0.260 e. The van der Waals surface area contributed by atoms with Gasteiger partial charge in [0.15, 0.2) is 13.2 Å². The van der Waals surface area contributed by atoms with Crippen molar-refractivity contribution in [1.82, 2.24) is 9.80 Å². The quantitative estimate of drug-likeness (QED) is 0.567. The van der Waals surface area contributed by atoms with Crippen LogP contribution in [0.15, 0.2) is 48.5 Å². The number of aryl methyl sites for hydroxylation is 2. The van der Waals surface area contributed by atoms with Crippen LogP contribution >= 0.6 is 0 Å². The van der Waals surface area contributed by atoms with E-state index >= 15 is 0 Å². The highest BCUT2D eigenvalue weighted by molar-refractivity contribution is 5.80. The number of amides is 2. The van der Waals surface area contributed by atoms with Gasteiger partial charge in [-0.15, -0.1) is 0 Å². The summed E-state index contributed by atoms with van der Waals surface area (Å²) in [7, 11) is 0. The van der Waals surface area contributed by atoms with Gasteiger partial charge < -0.3 is 19.3 Å². The number of ether oxygens (including phenoxy) is 2. The van der Waals surface area contributed by atoms with Gasteiger partial charge in [-0.3, -0.25) is 9.59 Å². The Morgan fingerprint density at radius 1 is 0.656 bits per heavy atom. The third-order valence-electron chi connectivity index (χ3n) is 5.63. The van der Waals surface area contributed by atoms with E-state index in [1.165, 1.54) is 11.1 Å². The fraction of sp³-hybridized carbons (Fsp3) is 0.462. The van der Waals surface area contributed by atoms with Gasteiger partial charge in [0.05, 0.1) is 0 Å². The molecule has 0 atom stereocenters. The minimum Gasteiger partial charge on any atom is -0.484 e. The molecule has 172 valence electrons. The van der Waals surface area contributed by atoms with Crippen molar-refractivity contribution < 1.29 is 19.1 Å². The fourth-order valence-corrected chi connectivity index (χ4v) is 3.76. The van der Waals surface area contributed by atoms with Crippen LogP contribution < -0.4 is 9.47 Å². The molecule has 2 aromatic rings. The maximum Gasteiger partial charge on any atom is 0.260 e. The van der Waals surface area contributed by atoms with Crippen molar-refractivity contribution in [3.63, 3.8) is 0 Å². The van der Waals surface area contributed by atoms with E-state index in [0.29, 0.717) is 37.7 Å². The van der Waals surface area contributed by atoms with E-state index in [4.69, 9.17) is 9.47 Å². The first-order valence-electron chi connectivity index (χ1n) is 11.6. The Hall–Kier alpha value is -3.02. The first-order chi connectivity index (χ1) is 15.6. The average molecular weight is 439 g/mol. The summed E-state index contributed by atoms with van der Waals surface area (Å²) >= 11 is 0. The van der Waals surface area contributed by atoms with Crippen LogP contribution in [0, 0.1) is 0 Å². The Morgan fingerprint density at radius 3 is 1.31 bits per heavy atom. The van der Waals surface area contributed by atoms with E-state index in [1.54, 1.807) is 9.80 Å². The third kappa shape index (κ3) is 7.01. The minimum atomic E-state index is -0.0573. The maximum absolute atomic E-state index is 12.5. The van der Waals surface area contributed by atoms with Crippen molar-refractivity contribution in [3.05, 3.63) is 59.7 Å². The predicted octanol–water partition coefficient (Wildman–Crippen LogP) is 3.72. The Labute approximate surface area is 191 Å². The molecule has 32 heavy (non-hydrogen) atoms. The number of rotatable bonds is 10. The molecule has 1 aliphatic heterocycles. The van der Waals surface area contributed by atoms with E-state index < -0.39 is 0 Å². The Balaban J connectivity index is 1.37. The van der Waals surface area contributed by atoms with Gasteiger partial charge in [0.25, 0.3) is 11.8 Å². The van der Waals surface area contributed by atoms with Crippen molar-refractivity contribution in [1.29, 1.82) is 0 Å². The zero-order valence-electron chi connectivity index (χ0n) is 19.2. The molecule has 2 aromatic carbocycles. The standard InChI is InChI=1S/C26H34N2O4/c1-3-5-21-7-11-23(12-8-21)31-19-25(29)27-15-17-28(18-16-27)26(30)20-32-24-13-9-22(6-4-2)10-14-24/h7-14H,3-6,15-20H2,1-2H3. The molecule has 0 spiro atoms. The van der Waals surface area contributed by atoms with Crippen LogP contribution in [0.2, 0.25) is 0 Å². The Morgan fingerprint density at radius 2 is 1.00 bits per heavy atom. The molecule has 6 nitrogen and oxygen atoms in total. The zero-order valence-corrected chi connectivity index (χ0v) is 19.2. The summed E-state index contributed by atoms with van der Waals surface area (Å²) in [6, 6.07) is 15.8. The Bertz CT molecular complexity index is 783. The number of benzene rings is 2. The van der Waals surface area contributed by atoms with Gasteiger partial charge in [0.1, 0.15) is 11.5 Å². The highest BCUT2D eigenvalue weighted by Crippen LogP contribution is 2.15. The SMILES string of the molecule is CCCc1ccc(OCC(=O)N2CCN(C(=O)COc3ccc(CCC)cc3)CC2)cc1. The summed E-state index contributed by atoms with van der Waals surface area (Å²) in [5, 5.41) is 0. The van der Waals surface area contributed by atoms with Crippen molar-refractivity contribution in [2.45, 2.75) is 39.5 Å². The van der Waals surface area contributed by atoms with Gasteiger partial charge in [-0.2, -0.15) is 0 Å². The molecule has 6 heteroatoms. The van der Waals surface area contributed by atoms with Gasteiger partial charge in [0, 0.05) is 26.2 Å². The highest BCUT2D eigenvalue weighted by Gasteiger charge is 2.24. The predicted molar refractivity (Wildman–Crippen MR) is 125 cm³/mol. The molecule has 0 N–H and O–H groups in total. The molecular weight excluding hydrogens is 404 g/mol. The molecule has 1 aliphatic rings. The number of carbonyl (C=O) groups is 2. The zero-order chi connectivity index (χ0) is 22.8. The highest BCUT2D eigenvalue weighted by atomic mass is 16.5. The molecule has 0 unspecified atom stereocenters. The largest absolute Gasteiger partial charge is 0.484 e. The normalized spacial score (nSPS) is 13.7. The molecule has 1 heterocycles. The monoisotopic (exact) mass is 438 g/mol. The lowest BCUT2D eigenvalue weighted by Crippen LogP contribution is -2.52. The molecule has 3 rings (SSSR count). The molecule has 0 saturated carbocycles. The van der Waals surface area contributed by atoms with Crippen LogP contribution in [0.3, 0.4) is 0 Å². The Kier molecular flexibility index (Phi) is 8.96. The van der Waals surface area contributed by atoms with Crippen LogP contribution in [0.4, 0.5) is 0 Å². The van der Waals surface area contributed by atoms with Gasteiger partial charge in [-0.1, -0.05) is 51.0 Å². The second-order valence-corrected chi connectivity index (χ2v) is 8.13. The molecular formula is C26H34N2O4. The number of nitrogens with zero attached hydrogens (tertiary/aromatic N) is 2. The maximum atomic E-state index is 12.5. The average Bonchev–Trinajstić information content (AvgIpc) is 2.83. The molecule has 1 saturated heterocycles.